The molecule has 1 fully saturated rings. The molecule has 0 atom stereocenters. The lowest BCUT2D eigenvalue weighted by molar-refractivity contribution is 0.0420. The first-order valence-electron chi connectivity index (χ1n) is 7.47. The number of ether oxygens (including phenoxy) is 1. The fourth-order valence-corrected chi connectivity index (χ4v) is 3.31. The molecule has 3 heteroatoms. The number of aryl methyl sites for hydroxylation is 2. The van der Waals surface area contributed by atoms with Crippen LogP contribution >= 0.6 is 0 Å². The van der Waals surface area contributed by atoms with Gasteiger partial charge < -0.3 is 9.72 Å². The van der Waals surface area contributed by atoms with E-state index >= 15 is 0 Å². The van der Waals surface area contributed by atoms with Gasteiger partial charge in [0.05, 0.1) is 13.2 Å². The van der Waals surface area contributed by atoms with E-state index in [1.165, 1.54) is 35.4 Å². The van der Waals surface area contributed by atoms with E-state index in [4.69, 9.17) is 4.74 Å². The van der Waals surface area contributed by atoms with Crippen LogP contribution in [0.25, 0.3) is 6.08 Å². The van der Waals surface area contributed by atoms with Crippen molar-refractivity contribution in [3.05, 3.63) is 28.1 Å². The van der Waals surface area contributed by atoms with Crippen LogP contribution in [0.1, 0.15) is 35.9 Å². The van der Waals surface area contributed by atoms with Gasteiger partial charge in [-0.05, 0) is 37.3 Å². The average Bonchev–Trinajstić information content (AvgIpc) is 2.74. The number of hydrogen-bond acceptors (Lipinski definition) is 2. The first-order chi connectivity index (χ1) is 9.28. The van der Waals surface area contributed by atoms with E-state index in [0.29, 0.717) is 0 Å². The van der Waals surface area contributed by atoms with Crippen LogP contribution in [0.4, 0.5) is 0 Å². The van der Waals surface area contributed by atoms with Crippen LogP contribution in [0.5, 0.6) is 0 Å². The third-order valence-corrected chi connectivity index (χ3v) is 4.37. The molecular weight excluding hydrogens is 236 g/mol. The molecule has 2 aliphatic rings. The minimum absolute atomic E-state index is 0.891. The first-order valence-corrected chi connectivity index (χ1v) is 7.47. The molecule has 1 aromatic rings. The van der Waals surface area contributed by atoms with Crippen LogP contribution in [0.2, 0.25) is 0 Å². The van der Waals surface area contributed by atoms with E-state index in [0.717, 1.165) is 39.3 Å². The summed E-state index contributed by atoms with van der Waals surface area (Å²) in [6.07, 6.45) is 5.94. The van der Waals surface area contributed by atoms with Crippen molar-refractivity contribution in [1.29, 1.82) is 0 Å². The monoisotopic (exact) mass is 260 g/mol. The van der Waals surface area contributed by atoms with E-state index in [9.17, 15) is 0 Å². The quantitative estimate of drug-likeness (QED) is 0.904. The summed E-state index contributed by atoms with van der Waals surface area (Å²) in [6, 6.07) is 0. The molecule has 19 heavy (non-hydrogen) atoms. The third kappa shape index (κ3) is 2.63. The lowest BCUT2D eigenvalue weighted by Crippen LogP contribution is -2.37. The van der Waals surface area contributed by atoms with Gasteiger partial charge in [0.1, 0.15) is 0 Å². The molecule has 0 aromatic carbocycles. The minimum atomic E-state index is 0.891. The van der Waals surface area contributed by atoms with Gasteiger partial charge in [-0.15, -0.1) is 0 Å². The number of fused-ring (bicyclic) bond motifs is 1. The fraction of sp³-hybridized carbons (Fsp3) is 0.625. The van der Waals surface area contributed by atoms with E-state index in [2.05, 4.69) is 29.8 Å². The SMILES string of the molecule is CCc1c(C)[nH]c2c1C=C(CN1CCOCC1)CC2. The van der Waals surface area contributed by atoms with Gasteiger partial charge in [-0.1, -0.05) is 18.6 Å². The highest BCUT2D eigenvalue weighted by Crippen LogP contribution is 2.29. The molecule has 0 radical (unpaired) electrons. The van der Waals surface area contributed by atoms with Crippen molar-refractivity contribution in [2.24, 2.45) is 0 Å². The van der Waals surface area contributed by atoms with Crippen molar-refractivity contribution >= 4 is 6.08 Å². The zero-order valence-corrected chi connectivity index (χ0v) is 12.1. The summed E-state index contributed by atoms with van der Waals surface area (Å²) in [5.41, 5.74) is 7.38. The van der Waals surface area contributed by atoms with E-state index in [-0.39, 0.29) is 0 Å². The highest BCUT2D eigenvalue weighted by atomic mass is 16.5. The summed E-state index contributed by atoms with van der Waals surface area (Å²) in [6.45, 7) is 9.52. The molecule has 1 aliphatic carbocycles. The Labute approximate surface area is 115 Å². The largest absolute Gasteiger partial charge is 0.379 e. The molecule has 0 amide bonds. The van der Waals surface area contributed by atoms with Gasteiger partial charge in [0.2, 0.25) is 0 Å². The number of aromatic amines is 1. The predicted molar refractivity (Wildman–Crippen MR) is 78.5 cm³/mol. The molecule has 0 saturated carbocycles. The van der Waals surface area contributed by atoms with Crippen molar-refractivity contribution in [1.82, 2.24) is 9.88 Å². The lowest BCUT2D eigenvalue weighted by atomic mass is 9.94. The summed E-state index contributed by atoms with van der Waals surface area (Å²) in [5.74, 6) is 0. The average molecular weight is 260 g/mol. The Bertz CT molecular complexity index is 481. The molecule has 0 spiro atoms. The molecule has 1 saturated heterocycles. The van der Waals surface area contributed by atoms with Gasteiger partial charge in [0, 0.05) is 31.0 Å². The normalized spacial score (nSPS) is 20.2. The molecule has 104 valence electrons. The maximum absolute atomic E-state index is 5.42. The van der Waals surface area contributed by atoms with Crippen molar-refractivity contribution in [3.63, 3.8) is 0 Å². The number of nitrogens with zero attached hydrogens (tertiary/aromatic N) is 1. The summed E-state index contributed by atoms with van der Waals surface area (Å²) >= 11 is 0. The van der Waals surface area contributed by atoms with E-state index in [1.807, 2.05) is 0 Å². The Balaban J connectivity index is 1.78. The van der Waals surface area contributed by atoms with Gasteiger partial charge >= 0.3 is 0 Å². The van der Waals surface area contributed by atoms with E-state index in [1.54, 1.807) is 5.57 Å². The van der Waals surface area contributed by atoms with Crippen molar-refractivity contribution in [2.45, 2.75) is 33.1 Å². The third-order valence-electron chi connectivity index (χ3n) is 4.37. The molecule has 1 aromatic heterocycles. The molecule has 1 aliphatic heterocycles. The Morgan fingerprint density at radius 3 is 2.79 bits per heavy atom. The summed E-state index contributed by atoms with van der Waals surface area (Å²) in [5, 5.41) is 0. The van der Waals surface area contributed by atoms with Gasteiger partial charge in [0.25, 0.3) is 0 Å². The second-order valence-corrected chi connectivity index (χ2v) is 5.67. The number of morpholine rings is 1. The molecular formula is C16H24N2O. The second-order valence-electron chi connectivity index (χ2n) is 5.67. The number of aromatic nitrogens is 1. The van der Waals surface area contributed by atoms with Crippen LogP contribution < -0.4 is 0 Å². The molecule has 2 heterocycles. The van der Waals surface area contributed by atoms with Crippen LogP contribution in [0, 0.1) is 6.92 Å². The number of rotatable bonds is 3. The van der Waals surface area contributed by atoms with Gasteiger partial charge in [-0.3, -0.25) is 4.90 Å². The molecule has 3 rings (SSSR count). The highest BCUT2D eigenvalue weighted by molar-refractivity contribution is 5.63. The van der Waals surface area contributed by atoms with Crippen molar-refractivity contribution in [2.75, 3.05) is 32.8 Å². The fourth-order valence-electron chi connectivity index (χ4n) is 3.31. The van der Waals surface area contributed by atoms with Crippen molar-refractivity contribution in [3.8, 4) is 0 Å². The van der Waals surface area contributed by atoms with Crippen LogP contribution in [0.15, 0.2) is 5.57 Å². The van der Waals surface area contributed by atoms with Gasteiger partial charge in [-0.2, -0.15) is 0 Å². The topological polar surface area (TPSA) is 28.3 Å². The number of hydrogen-bond donors (Lipinski definition) is 1. The number of H-pyrrole nitrogens is 1. The molecule has 0 unspecified atom stereocenters. The zero-order chi connectivity index (χ0) is 13.2. The van der Waals surface area contributed by atoms with Crippen molar-refractivity contribution < 1.29 is 4.74 Å². The maximum atomic E-state index is 5.42. The Kier molecular flexibility index (Phi) is 3.76. The lowest BCUT2D eigenvalue weighted by Gasteiger charge is -2.28. The maximum Gasteiger partial charge on any atom is 0.0594 e. The van der Waals surface area contributed by atoms with Crippen LogP contribution in [-0.2, 0) is 17.6 Å². The summed E-state index contributed by atoms with van der Waals surface area (Å²) in [4.78, 5) is 6.08. The standard InChI is InChI=1S/C16H24N2O/c1-3-14-12(2)17-16-5-4-13(10-15(14)16)11-18-6-8-19-9-7-18/h10,17H,3-9,11H2,1-2H3. The molecule has 0 bridgehead atoms. The Morgan fingerprint density at radius 2 is 2.05 bits per heavy atom. The highest BCUT2D eigenvalue weighted by Gasteiger charge is 2.19. The molecule has 1 N–H and O–H groups in total. The summed E-state index contributed by atoms with van der Waals surface area (Å²) in [7, 11) is 0. The zero-order valence-electron chi connectivity index (χ0n) is 12.1. The Hall–Kier alpha value is -1.06. The second kappa shape index (κ2) is 5.51. The first kappa shape index (κ1) is 12.9. The minimum Gasteiger partial charge on any atom is -0.379 e. The predicted octanol–water partition coefficient (Wildman–Crippen LogP) is 2.55. The van der Waals surface area contributed by atoms with Gasteiger partial charge in [0.15, 0.2) is 0 Å². The Morgan fingerprint density at radius 1 is 1.26 bits per heavy atom. The van der Waals surface area contributed by atoms with Crippen LogP contribution in [0.3, 0.4) is 0 Å². The van der Waals surface area contributed by atoms with Gasteiger partial charge in [-0.25, -0.2) is 0 Å². The van der Waals surface area contributed by atoms with Crippen LogP contribution in [-0.4, -0.2) is 42.7 Å². The number of nitrogens with one attached hydrogen (secondary N) is 1. The van der Waals surface area contributed by atoms with E-state index < -0.39 is 0 Å². The smallest absolute Gasteiger partial charge is 0.0594 e. The summed E-state index contributed by atoms with van der Waals surface area (Å²) < 4.78 is 5.42. The molecule has 3 nitrogen and oxygen atoms in total.